The average molecular weight is 325 g/mol. The van der Waals surface area contributed by atoms with Crippen molar-refractivity contribution in [3.63, 3.8) is 0 Å². The molecule has 4 N–H and O–H groups in total. The Morgan fingerprint density at radius 1 is 1.30 bits per heavy atom. The second-order valence-electron chi connectivity index (χ2n) is 6.94. The maximum Gasteiger partial charge on any atom is 0.412 e. The first kappa shape index (κ1) is 19.2. The number of ether oxygens (including phenoxy) is 1. The standard InChI is InChI=1S/C17H28FN3O2/c1-11(2)12(9-19)10-20-15-8-13(18)6-7-14(15)21-16(22)23-17(3,4)5/h6-8,11-12,20H,9-10,19H2,1-5H3,(H,21,22). The van der Waals surface area contributed by atoms with Crippen LogP contribution in [0.5, 0.6) is 0 Å². The fraction of sp³-hybridized carbons (Fsp3) is 0.588. The van der Waals surface area contributed by atoms with Gasteiger partial charge in [-0.2, -0.15) is 0 Å². The van der Waals surface area contributed by atoms with Crippen molar-refractivity contribution < 1.29 is 13.9 Å². The third kappa shape index (κ3) is 6.86. The second-order valence-corrected chi connectivity index (χ2v) is 6.94. The van der Waals surface area contributed by atoms with E-state index in [4.69, 9.17) is 10.5 Å². The average Bonchev–Trinajstić information content (AvgIpc) is 2.39. The number of hydrogen-bond donors (Lipinski definition) is 3. The Labute approximate surface area is 137 Å². The number of anilines is 2. The van der Waals surface area contributed by atoms with Crippen molar-refractivity contribution >= 4 is 17.5 Å². The van der Waals surface area contributed by atoms with E-state index >= 15 is 0 Å². The van der Waals surface area contributed by atoms with E-state index in [9.17, 15) is 9.18 Å². The summed E-state index contributed by atoms with van der Waals surface area (Å²) in [4.78, 5) is 11.9. The molecule has 0 saturated heterocycles. The van der Waals surface area contributed by atoms with Crippen LogP contribution in [0.3, 0.4) is 0 Å². The van der Waals surface area contributed by atoms with Crippen molar-refractivity contribution in [2.24, 2.45) is 17.6 Å². The van der Waals surface area contributed by atoms with Gasteiger partial charge in [0.1, 0.15) is 11.4 Å². The van der Waals surface area contributed by atoms with Gasteiger partial charge in [0.25, 0.3) is 0 Å². The topological polar surface area (TPSA) is 76.4 Å². The number of halogens is 1. The Kier molecular flexibility index (Phi) is 6.81. The summed E-state index contributed by atoms with van der Waals surface area (Å²) < 4.78 is 18.7. The number of nitrogens with one attached hydrogen (secondary N) is 2. The van der Waals surface area contributed by atoms with Crippen LogP contribution in [-0.4, -0.2) is 24.8 Å². The number of amides is 1. The van der Waals surface area contributed by atoms with Gasteiger partial charge < -0.3 is 15.8 Å². The summed E-state index contributed by atoms with van der Waals surface area (Å²) in [7, 11) is 0. The molecule has 1 aromatic carbocycles. The van der Waals surface area contributed by atoms with Crippen LogP contribution in [0.2, 0.25) is 0 Å². The molecule has 6 heteroatoms. The van der Waals surface area contributed by atoms with Gasteiger partial charge in [0.15, 0.2) is 0 Å². The minimum absolute atomic E-state index is 0.257. The predicted octanol–water partition coefficient (Wildman–Crippen LogP) is 3.82. The van der Waals surface area contributed by atoms with Crippen LogP contribution in [0, 0.1) is 17.7 Å². The number of hydrogen-bond acceptors (Lipinski definition) is 4. The molecule has 0 aromatic heterocycles. The summed E-state index contributed by atoms with van der Waals surface area (Å²) in [6.45, 7) is 10.7. The molecule has 1 atom stereocenters. The van der Waals surface area contributed by atoms with Crippen molar-refractivity contribution in [1.82, 2.24) is 0 Å². The first-order valence-corrected chi connectivity index (χ1v) is 7.86. The molecule has 0 heterocycles. The SMILES string of the molecule is CC(C)C(CN)CNc1cc(F)ccc1NC(=O)OC(C)(C)C. The lowest BCUT2D eigenvalue weighted by Gasteiger charge is -2.22. The highest BCUT2D eigenvalue weighted by Crippen LogP contribution is 2.24. The Bertz CT molecular complexity index is 527. The van der Waals surface area contributed by atoms with Gasteiger partial charge in [0.2, 0.25) is 0 Å². The Hall–Kier alpha value is -1.82. The number of benzene rings is 1. The van der Waals surface area contributed by atoms with Gasteiger partial charge in [-0.3, -0.25) is 5.32 Å². The summed E-state index contributed by atoms with van der Waals surface area (Å²) in [5, 5.41) is 5.81. The second kappa shape index (κ2) is 8.15. The van der Waals surface area contributed by atoms with Gasteiger partial charge in [-0.05, 0) is 57.4 Å². The number of nitrogens with two attached hydrogens (primary N) is 1. The Morgan fingerprint density at radius 2 is 1.96 bits per heavy atom. The first-order chi connectivity index (χ1) is 10.6. The zero-order valence-electron chi connectivity index (χ0n) is 14.6. The molecule has 0 fully saturated rings. The van der Waals surface area contributed by atoms with E-state index < -0.39 is 11.7 Å². The van der Waals surface area contributed by atoms with E-state index in [2.05, 4.69) is 24.5 Å². The highest BCUT2D eigenvalue weighted by molar-refractivity contribution is 5.89. The molecule has 1 rings (SSSR count). The molecular formula is C17H28FN3O2. The maximum atomic E-state index is 13.5. The zero-order valence-corrected chi connectivity index (χ0v) is 14.6. The highest BCUT2D eigenvalue weighted by Gasteiger charge is 2.18. The van der Waals surface area contributed by atoms with Crippen molar-refractivity contribution in [2.75, 3.05) is 23.7 Å². The molecule has 0 bridgehead atoms. The van der Waals surface area contributed by atoms with Crippen LogP contribution >= 0.6 is 0 Å². The van der Waals surface area contributed by atoms with Crippen molar-refractivity contribution in [1.29, 1.82) is 0 Å². The molecule has 0 radical (unpaired) electrons. The summed E-state index contributed by atoms with van der Waals surface area (Å²) in [5.74, 6) is 0.284. The zero-order chi connectivity index (χ0) is 17.6. The normalized spacial score (nSPS) is 12.9. The fourth-order valence-corrected chi connectivity index (χ4v) is 2.02. The Balaban J connectivity index is 2.82. The van der Waals surface area contributed by atoms with Crippen LogP contribution in [-0.2, 0) is 4.74 Å². The predicted molar refractivity (Wildman–Crippen MR) is 92.1 cm³/mol. The van der Waals surface area contributed by atoms with Crippen LogP contribution < -0.4 is 16.4 Å². The van der Waals surface area contributed by atoms with Crippen LogP contribution in [0.25, 0.3) is 0 Å². The summed E-state index contributed by atoms with van der Waals surface area (Å²) in [6, 6.07) is 4.15. The summed E-state index contributed by atoms with van der Waals surface area (Å²) >= 11 is 0. The molecular weight excluding hydrogens is 297 g/mol. The molecule has 130 valence electrons. The van der Waals surface area contributed by atoms with E-state index in [1.54, 1.807) is 20.8 Å². The first-order valence-electron chi connectivity index (χ1n) is 7.86. The summed E-state index contributed by atoms with van der Waals surface area (Å²) in [5.41, 5.74) is 6.14. The van der Waals surface area contributed by atoms with Crippen molar-refractivity contribution in [3.8, 4) is 0 Å². The van der Waals surface area contributed by atoms with Gasteiger partial charge in [0.05, 0.1) is 11.4 Å². The van der Waals surface area contributed by atoms with Gasteiger partial charge >= 0.3 is 6.09 Å². The van der Waals surface area contributed by atoms with Gasteiger partial charge in [0, 0.05) is 6.54 Å². The number of rotatable bonds is 6. The smallest absolute Gasteiger partial charge is 0.412 e. The van der Waals surface area contributed by atoms with Crippen molar-refractivity contribution in [3.05, 3.63) is 24.0 Å². The molecule has 23 heavy (non-hydrogen) atoms. The minimum atomic E-state index is -0.597. The molecule has 5 nitrogen and oxygen atoms in total. The molecule has 1 unspecified atom stereocenters. The van der Waals surface area contributed by atoms with Gasteiger partial charge in [-0.25, -0.2) is 9.18 Å². The molecule has 0 aliphatic heterocycles. The maximum absolute atomic E-state index is 13.5. The number of carbonyl (C=O) groups excluding carboxylic acids is 1. The Morgan fingerprint density at radius 3 is 2.48 bits per heavy atom. The molecule has 0 aliphatic rings. The van der Waals surface area contributed by atoms with Gasteiger partial charge in [-0.1, -0.05) is 13.8 Å². The lowest BCUT2D eigenvalue weighted by atomic mass is 9.96. The molecule has 0 spiro atoms. The van der Waals surface area contributed by atoms with E-state index in [1.807, 2.05) is 0 Å². The number of carbonyl (C=O) groups is 1. The van der Waals surface area contributed by atoms with E-state index in [1.165, 1.54) is 18.2 Å². The van der Waals surface area contributed by atoms with E-state index in [0.29, 0.717) is 30.4 Å². The fourth-order valence-electron chi connectivity index (χ4n) is 2.02. The highest BCUT2D eigenvalue weighted by atomic mass is 19.1. The van der Waals surface area contributed by atoms with E-state index in [-0.39, 0.29) is 11.7 Å². The lowest BCUT2D eigenvalue weighted by Crippen LogP contribution is -2.29. The molecule has 1 amide bonds. The van der Waals surface area contributed by atoms with Crippen molar-refractivity contribution in [2.45, 2.75) is 40.2 Å². The quantitative estimate of drug-likeness (QED) is 0.743. The monoisotopic (exact) mass is 325 g/mol. The van der Waals surface area contributed by atoms with Gasteiger partial charge in [-0.15, -0.1) is 0 Å². The van der Waals surface area contributed by atoms with Crippen LogP contribution in [0.1, 0.15) is 34.6 Å². The molecule has 1 aromatic rings. The summed E-state index contributed by atoms with van der Waals surface area (Å²) in [6.07, 6.45) is -0.577. The van der Waals surface area contributed by atoms with Crippen LogP contribution in [0.15, 0.2) is 18.2 Å². The molecule has 0 saturated carbocycles. The minimum Gasteiger partial charge on any atom is -0.444 e. The largest absolute Gasteiger partial charge is 0.444 e. The molecule has 0 aliphatic carbocycles. The third-order valence-electron chi connectivity index (χ3n) is 3.42. The lowest BCUT2D eigenvalue weighted by molar-refractivity contribution is 0.0636. The van der Waals surface area contributed by atoms with E-state index in [0.717, 1.165) is 0 Å². The van der Waals surface area contributed by atoms with Crippen LogP contribution in [0.4, 0.5) is 20.6 Å². The third-order valence-corrected chi connectivity index (χ3v) is 3.42.